The Morgan fingerprint density at radius 1 is 0.852 bits per heavy atom. The van der Waals surface area contributed by atoms with E-state index in [0.717, 1.165) is 23.0 Å². The first-order valence-electron chi connectivity index (χ1n) is 8.64. The van der Waals surface area contributed by atoms with Crippen LogP contribution >= 0.6 is 0 Å². The summed E-state index contributed by atoms with van der Waals surface area (Å²) in [6, 6.07) is 10.7. The number of nitrogens with one attached hydrogen (secondary N) is 1. The number of nitrogens with zero attached hydrogens (tertiary/aromatic N) is 2. The van der Waals surface area contributed by atoms with Crippen LogP contribution < -0.4 is 0 Å². The van der Waals surface area contributed by atoms with Gasteiger partial charge < -0.3 is 14.8 Å². The van der Waals surface area contributed by atoms with Crippen molar-refractivity contribution >= 4 is 22.7 Å². The minimum Gasteiger partial charge on any atom is -0.361 e. The lowest BCUT2D eigenvalue weighted by Gasteiger charge is -2.35. The Morgan fingerprint density at radius 2 is 1.48 bits per heavy atom. The summed E-state index contributed by atoms with van der Waals surface area (Å²) in [6.45, 7) is 1.07. The van der Waals surface area contributed by atoms with Crippen LogP contribution in [0.5, 0.6) is 0 Å². The number of halogens is 2. The number of aromatic amines is 1. The second-order valence-electron chi connectivity index (χ2n) is 6.46. The molecule has 2 amide bonds. The number of amides is 2. The molecule has 0 unspecified atom stereocenters. The molecule has 0 radical (unpaired) electrons. The highest BCUT2D eigenvalue weighted by Gasteiger charge is 2.28. The molecule has 1 saturated heterocycles. The lowest BCUT2D eigenvalue weighted by Crippen LogP contribution is -2.50. The van der Waals surface area contributed by atoms with Crippen molar-refractivity contribution in [2.24, 2.45) is 0 Å². The van der Waals surface area contributed by atoms with E-state index in [2.05, 4.69) is 4.98 Å². The Balaban J connectivity index is 1.45. The van der Waals surface area contributed by atoms with Gasteiger partial charge in [-0.3, -0.25) is 9.59 Å². The van der Waals surface area contributed by atoms with E-state index in [0.29, 0.717) is 18.7 Å². The van der Waals surface area contributed by atoms with Crippen LogP contribution in [0.25, 0.3) is 10.9 Å². The van der Waals surface area contributed by atoms with Gasteiger partial charge in [0.15, 0.2) is 0 Å². The van der Waals surface area contributed by atoms with E-state index in [9.17, 15) is 18.4 Å². The number of benzene rings is 2. The smallest absolute Gasteiger partial charge is 0.259 e. The molecule has 2 heterocycles. The highest BCUT2D eigenvalue weighted by atomic mass is 19.1. The van der Waals surface area contributed by atoms with E-state index in [1.807, 2.05) is 18.3 Å². The molecular weight excluding hydrogens is 352 g/mol. The Kier molecular flexibility index (Phi) is 4.35. The van der Waals surface area contributed by atoms with Gasteiger partial charge in [0.1, 0.15) is 17.2 Å². The first-order valence-corrected chi connectivity index (χ1v) is 8.64. The number of hydrogen-bond acceptors (Lipinski definition) is 2. The van der Waals surface area contributed by atoms with Gasteiger partial charge in [0, 0.05) is 43.5 Å². The first-order chi connectivity index (χ1) is 13.0. The molecule has 27 heavy (non-hydrogen) atoms. The highest BCUT2D eigenvalue weighted by molar-refractivity contribution is 5.98. The maximum atomic E-state index is 13.8. The zero-order valence-corrected chi connectivity index (χ0v) is 14.4. The molecule has 3 aromatic rings. The van der Waals surface area contributed by atoms with E-state index < -0.39 is 23.1 Å². The van der Waals surface area contributed by atoms with E-state index in [1.165, 1.54) is 11.0 Å². The summed E-state index contributed by atoms with van der Waals surface area (Å²) >= 11 is 0. The van der Waals surface area contributed by atoms with Crippen molar-refractivity contribution < 1.29 is 18.4 Å². The van der Waals surface area contributed by atoms with Gasteiger partial charge in [0.2, 0.25) is 0 Å². The van der Waals surface area contributed by atoms with E-state index >= 15 is 0 Å². The molecule has 0 bridgehead atoms. The minimum atomic E-state index is -0.877. The molecule has 138 valence electrons. The van der Waals surface area contributed by atoms with Crippen molar-refractivity contribution in [3.05, 3.63) is 71.4 Å². The molecule has 0 spiro atoms. The largest absolute Gasteiger partial charge is 0.361 e. The van der Waals surface area contributed by atoms with E-state index in [-0.39, 0.29) is 19.0 Å². The lowest BCUT2D eigenvalue weighted by atomic mass is 10.1. The predicted molar refractivity (Wildman–Crippen MR) is 96.5 cm³/mol. The van der Waals surface area contributed by atoms with Gasteiger partial charge >= 0.3 is 0 Å². The lowest BCUT2D eigenvalue weighted by molar-refractivity contribution is 0.0530. The Bertz CT molecular complexity index is 1000. The van der Waals surface area contributed by atoms with Crippen molar-refractivity contribution in [1.82, 2.24) is 14.8 Å². The molecule has 1 N–H and O–H groups in total. The van der Waals surface area contributed by atoms with Crippen LogP contribution in [0, 0.1) is 11.6 Å². The monoisotopic (exact) mass is 369 g/mol. The van der Waals surface area contributed by atoms with Crippen molar-refractivity contribution in [2.45, 2.75) is 0 Å². The zero-order valence-electron chi connectivity index (χ0n) is 14.4. The Hall–Kier alpha value is -3.22. The molecule has 1 fully saturated rings. The number of carbonyl (C=O) groups excluding carboxylic acids is 2. The number of rotatable bonds is 2. The van der Waals surface area contributed by atoms with Crippen LogP contribution in [0.1, 0.15) is 20.7 Å². The summed E-state index contributed by atoms with van der Waals surface area (Å²) in [4.78, 5) is 31.2. The highest BCUT2D eigenvalue weighted by Crippen LogP contribution is 2.19. The first kappa shape index (κ1) is 17.2. The summed E-state index contributed by atoms with van der Waals surface area (Å²) < 4.78 is 27.7. The summed E-state index contributed by atoms with van der Waals surface area (Å²) in [7, 11) is 0. The minimum absolute atomic E-state index is 0.129. The summed E-state index contributed by atoms with van der Waals surface area (Å²) in [5.41, 5.74) is 0.893. The Morgan fingerprint density at radius 3 is 2.15 bits per heavy atom. The average Bonchev–Trinajstić information content (AvgIpc) is 3.15. The van der Waals surface area contributed by atoms with Crippen LogP contribution in [0.3, 0.4) is 0 Å². The molecule has 4 rings (SSSR count). The van der Waals surface area contributed by atoms with E-state index in [1.54, 1.807) is 17.0 Å². The average molecular weight is 369 g/mol. The van der Waals surface area contributed by atoms with Crippen molar-refractivity contribution in [1.29, 1.82) is 0 Å². The fraction of sp³-hybridized carbons (Fsp3) is 0.200. The van der Waals surface area contributed by atoms with Crippen molar-refractivity contribution in [2.75, 3.05) is 26.2 Å². The van der Waals surface area contributed by atoms with Gasteiger partial charge in [-0.1, -0.05) is 12.1 Å². The molecular formula is C20H17F2N3O2. The maximum Gasteiger partial charge on any atom is 0.259 e. The molecule has 0 aliphatic carbocycles. The third kappa shape index (κ3) is 3.16. The van der Waals surface area contributed by atoms with Crippen LogP contribution in [0.15, 0.2) is 48.7 Å². The third-order valence-corrected chi connectivity index (χ3v) is 4.83. The number of hydrogen-bond donors (Lipinski definition) is 1. The maximum absolute atomic E-state index is 13.8. The third-order valence-electron chi connectivity index (χ3n) is 4.83. The van der Waals surface area contributed by atoms with Crippen LogP contribution in [-0.2, 0) is 0 Å². The predicted octanol–water partition coefficient (Wildman–Crippen LogP) is 3.04. The van der Waals surface area contributed by atoms with Crippen LogP contribution in [-0.4, -0.2) is 52.8 Å². The zero-order chi connectivity index (χ0) is 19.0. The topological polar surface area (TPSA) is 56.4 Å². The standard InChI is InChI=1S/C20H17F2N3O2/c21-15-2-1-3-16(22)18(15)20(27)25-10-8-24(9-11-25)19(26)14-5-4-13-6-7-23-17(13)12-14/h1-7,12,23H,8-11H2. The van der Waals surface area contributed by atoms with Gasteiger partial charge in [0.25, 0.3) is 11.8 Å². The molecule has 1 aromatic heterocycles. The van der Waals surface area contributed by atoms with Gasteiger partial charge in [-0.2, -0.15) is 0 Å². The second kappa shape index (κ2) is 6.83. The summed E-state index contributed by atoms with van der Waals surface area (Å²) in [5, 5.41) is 1.02. The molecule has 7 heteroatoms. The van der Waals surface area contributed by atoms with Crippen LogP contribution in [0.4, 0.5) is 8.78 Å². The molecule has 0 saturated carbocycles. The fourth-order valence-corrected chi connectivity index (χ4v) is 3.34. The van der Waals surface area contributed by atoms with Gasteiger partial charge in [-0.25, -0.2) is 8.78 Å². The molecule has 1 aliphatic heterocycles. The summed E-state index contributed by atoms with van der Waals surface area (Å²) in [5.74, 6) is -2.57. The van der Waals surface area contributed by atoms with Gasteiger partial charge in [-0.05, 0) is 35.7 Å². The van der Waals surface area contributed by atoms with Crippen LogP contribution in [0.2, 0.25) is 0 Å². The van der Waals surface area contributed by atoms with E-state index in [4.69, 9.17) is 0 Å². The molecule has 0 atom stereocenters. The quantitative estimate of drug-likeness (QED) is 0.755. The normalized spacial score (nSPS) is 14.6. The van der Waals surface area contributed by atoms with Crippen molar-refractivity contribution in [3.63, 3.8) is 0 Å². The van der Waals surface area contributed by atoms with Gasteiger partial charge in [-0.15, -0.1) is 0 Å². The number of fused-ring (bicyclic) bond motifs is 1. The number of piperazine rings is 1. The Labute approximate surface area is 154 Å². The molecule has 2 aromatic carbocycles. The number of aromatic nitrogens is 1. The fourth-order valence-electron chi connectivity index (χ4n) is 3.34. The summed E-state index contributed by atoms with van der Waals surface area (Å²) in [6.07, 6.45) is 1.81. The molecule has 5 nitrogen and oxygen atoms in total. The molecule has 1 aliphatic rings. The number of carbonyl (C=O) groups is 2. The van der Waals surface area contributed by atoms with Crippen molar-refractivity contribution in [3.8, 4) is 0 Å². The second-order valence-corrected chi connectivity index (χ2v) is 6.46. The van der Waals surface area contributed by atoms with Gasteiger partial charge in [0.05, 0.1) is 0 Å². The SMILES string of the molecule is O=C(c1ccc2cc[nH]c2c1)N1CCN(C(=O)c2c(F)cccc2F)CC1. The number of H-pyrrole nitrogens is 1.